The lowest BCUT2D eigenvalue weighted by Gasteiger charge is -2.24. The van der Waals surface area contributed by atoms with Crippen LogP contribution in [0.1, 0.15) is 32.8 Å². The quantitative estimate of drug-likeness (QED) is 0.650. The molecule has 0 spiro atoms. The molecule has 0 aliphatic rings. The maximum absolute atomic E-state index is 10.2. The van der Waals surface area contributed by atoms with E-state index in [2.05, 4.69) is 34.4 Å². The molecule has 6 heteroatoms. The molecule has 3 N–H and O–H groups in total. The number of nitrogens with one attached hydrogen (secondary N) is 2. The van der Waals surface area contributed by atoms with Crippen molar-refractivity contribution in [3.8, 4) is 0 Å². The first-order valence-corrected chi connectivity index (χ1v) is 8.46. The number of anilines is 2. The second kappa shape index (κ2) is 8.32. The third-order valence-corrected chi connectivity index (χ3v) is 3.84. The normalized spacial score (nSPS) is 13.8. The van der Waals surface area contributed by atoms with Crippen LogP contribution < -0.4 is 10.6 Å². The highest BCUT2D eigenvalue weighted by Gasteiger charge is 2.20. The van der Waals surface area contributed by atoms with Gasteiger partial charge < -0.3 is 15.7 Å². The number of aliphatic hydroxyl groups is 1. The molecule has 0 aliphatic carbocycles. The minimum atomic E-state index is -0.744. The first-order valence-electron chi connectivity index (χ1n) is 7.07. The fourth-order valence-electron chi connectivity index (χ4n) is 1.93. The third-order valence-electron chi connectivity index (χ3n) is 2.93. The van der Waals surface area contributed by atoms with E-state index in [0.717, 1.165) is 36.6 Å². The highest BCUT2D eigenvalue weighted by Crippen LogP contribution is 2.21. The van der Waals surface area contributed by atoms with Gasteiger partial charge in [-0.2, -0.15) is 11.8 Å². The maximum Gasteiger partial charge on any atom is 0.134 e. The van der Waals surface area contributed by atoms with Gasteiger partial charge in [-0.1, -0.05) is 13.8 Å². The lowest BCUT2D eigenvalue weighted by atomic mass is 10.1. The van der Waals surface area contributed by atoms with E-state index < -0.39 is 5.60 Å². The predicted molar refractivity (Wildman–Crippen MR) is 87.7 cm³/mol. The van der Waals surface area contributed by atoms with Gasteiger partial charge in [0.05, 0.1) is 5.60 Å². The van der Waals surface area contributed by atoms with Crippen molar-refractivity contribution in [3.05, 3.63) is 11.9 Å². The number of thioether (sulfide) groups is 1. The van der Waals surface area contributed by atoms with Crippen LogP contribution in [0, 0.1) is 0 Å². The monoisotopic (exact) mass is 298 g/mol. The summed E-state index contributed by atoms with van der Waals surface area (Å²) in [6, 6.07) is 0. The molecule has 1 unspecified atom stereocenters. The highest BCUT2D eigenvalue weighted by molar-refractivity contribution is 7.98. The molecule has 0 amide bonds. The lowest BCUT2D eigenvalue weighted by molar-refractivity contribution is 0.0996. The molecular weight excluding hydrogens is 272 g/mol. The summed E-state index contributed by atoms with van der Waals surface area (Å²) in [6.45, 7) is 7.41. The van der Waals surface area contributed by atoms with Gasteiger partial charge in [-0.05, 0) is 26.0 Å². The Labute approximate surface area is 126 Å². The van der Waals surface area contributed by atoms with Crippen molar-refractivity contribution in [1.29, 1.82) is 0 Å². The van der Waals surface area contributed by atoms with Crippen LogP contribution in [-0.4, -0.2) is 45.8 Å². The Balaban J connectivity index is 2.79. The van der Waals surface area contributed by atoms with Gasteiger partial charge in [0.15, 0.2) is 0 Å². The fraction of sp³-hybridized carbons (Fsp3) is 0.714. The van der Waals surface area contributed by atoms with E-state index in [1.54, 1.807) is 18.1 Å². The van der Waals surface area contributed by atoms with Gasteiger partial charge in [0.1, 0.15) is 18.0 Å². The van der Waals surface area contributed by atoms with Crippen molar-refractivity contribution in [2.45, 2.75) is 39.2 Å². The van der Waals surface area contributed by atoms with Crippen LogP contribution in [0.5, 0.6) is 0 Å². The molecule has 114 valence electrons. The van der Waals surface area contributed by atoms with Gasteiger partial charge in [-0.25, -0.2) is 9.97 Å². The number of hydrogen-bond acceptors (Lipinski definition) is 6. The van der Waals surface area contributed by atoms with Crippen molar-refractivity contribution in [1.82, 2.24) is 9.97 Å². The largest absolute Gasteiger partial charge is 0.387 e. The molecule has 1 aromatic rings. The molecule has 20 heavy (non-hydrogen) atoms. The Bertz CT molecular complexity index is 412. The molecule has 5 nitrogen and oxygen atoms in total. The molecule has 0 bridgehead atoms. The van der Waals surface area contributed by atoms with E-state index in [-0.39, 0.29) is 0 Å². The standard InChI is InChI=1S/C14H26N4OS/c1-5-7-15-12-11(6-2)13(18-10-17-12)16-8-14(3,19)9-20-4/h10,19H,5-9H2,1-4H3,(H2,15,16,17,18). The summed E-state index contributed by atoms with van der Waals surface area (Å²) in [7, 11) is 0. The lowest BCUT2D eigenvalue weighted by Crippen LogP contribution is -2.36. The molecule has 0 saturated carbocycles. The zero-order chi connectivity index (χ0) is 15.0. The Morgan fingerprint density at radius 2 is 1.90 bits per heavy atom. The van der Waals surface area contributed by atoms with E-state index in [0.29, 0.717) is 12.3 Å². The Morgan fingerprint density at radius 3 is 2.45 bits per heavy atom. The van der Waals surface area contributed by atoms with Crippen molar-refractivity contribution in [2.75, 3.05) is 35.7 Å². The molecule has 1 aromatic heterocycles. The van der Waals surface area contributed by atoms with Crippen LogP contribution in [0.15, 0.2) is 6.33 Å². The zero-order valence-corrected chi connectivity index (χ0v) is 13.7. The van der Waals surface area contributed by atoms with Crippen molar-refractivity contribution in [2.24, 2.45) is 0 Å². The van der Waals surface area contributed by atoms with Crippen molar-refractivity contribution in [3.63, 3.8) is 0 Å². The Morgan fingerprint density at radius 1 is 1.25 bits per heavy atom. The average Bonchev–Trinajstić information content (AvgIpc) is 2.42. The van der Waals surface area contributed by atoms with Crippen LogP contribution in [0.2, 0.25) is 0 Å². The number of nitrogens with zero attached hydrogens (tertiary/aromatic N) is 2. The van der Waals surface area contributed by atoms with Crippen LogP contribution in [0.4, 0.5) is 11.6 Å². The Hall–Kier alpha value is -1.01. The Kier molecular flexibility index (Phi) is 7.09. The smallest absolute Gasteiger partial charge is 0.134 e. The summed E-state index contributed by atoms with van der Waals surface area (Å²) < 4.78 is 0. The van der Waals surface area contributed by atoms with Crippen LogP contribution in [-0.2, 0) is 6.42 Å². The molecule has 0 aliphatic heterocycles. The van der Waals surface area contributed by atoms with E-state index in [1.165, 1.54) is 0 Å². The van der Waals surface area contributed by atoms with Gasteiger partial charge in [0.2, 0.25) is 0 Å². The third kappa shape index (κ3) is 5.17. The topological polar surface area (TPSA) is 70.1 Å². The summed E-state index contributed by atoms with van der Waals surface area (Å²) in [6.07, 6.45) is 5.45. The van der Waals surface area contributed by atoms with E-state index in [9.17, 15) is 5.11 Å². The van der Waals surface area contributed by atoms with Gasteiger partial charge in [0.25, 0.3) is 0 Å². The van der Waals surface area contributed by atoms with E-state index in [1.807, 2.05) is 13.2 Å². The van der Waals surface area contributed by atoms with Crippen LogP contribution in [0.25, 0.3) is 0 Å². The molecular formula is C14H26N4OS. The summed E-state index contributed by atoms with van der Waals surface area (Å²) in [5, 5.41) is 16.8. The minimum absolute atomic E-state index is 0.477. The van der Waals surface area contributed by atoms with Crippen LogP contribution in [0.3, 0.4) is 0 Å². The van der Waals surface area contributed by atoms with E-state index in [4.69, 9.17) is 0 Å². The van der Waals surface area contributed by atoms with Gasteiger partial charge in [0, 0.05) is 24.4 Å². The summed E-state index contributed by atoms with van der Waals surface area (Å²) in [5.41, 5.74) is 0.327. The van der Waals surface area contributed by atoms with Crippen molar-refractivity contribution < 1.29 is 5.11 Å². The second-order valence-electron chi connectivity index (χ2n) is 5.11. The SMILES string of the molecule is CCCNc1ncnc(NCC(C)(O)CSC)c1CC. The zero-order valence-electron chi connectivity index (χ0n) is 12.9. The van der Waals surface area contributed by atoms with Gasteiger partial charge >= 0.3 is 0 Å². The first kappa shape index (κ1) is 17.0. The minimum Gasteiger partial charge on any atom is -0.387 e. The highest BCUT2D eigenvalue weighted by atomic mass is 32.2. The molecule has 0 aromatic carbocycles. The summed E-state index contributed by atoms with van der Waals surface area (Å²) >= 11 is 1.63. The molecule has 1 rings (SSSR count). The molecule has 1 heterocycles. The summed E-state index contributed by atoms with van der Waals surface area (Å²) in [5.74, 6) is 2.38. The maximum atomic E-state index is 10.2. The molecule has 0 radical (unpaired) electrons. The van der Waals surface area contributed by atoms with Crippen molar-refractivity contribution >= 4 is 23.4 Å². The molecule has 1 atom stereocenters. The second-order valence-corrected chi connectivity index (χ2v) is 5.98. The van der Waals surface area contributed by atoms with Crippen LogP contribution >= 0.6 is 11.8 Å². The summed E-state index contributed by atoms with van der Waals surface area (Å²) in [4.78, 5) is 8.60. The van der Waals surface area contributed by atoms with E-state index >= 15 is 0 Å². The molecule has 0 saturated heterocycles. The number of aromatic nitrogens is 2. The number of rotatable bonds is 9. The molecule has 0 fully saturated rings. The van der Waals surface area contributed by atoms with Gasteiger partial charge in [-0.15, -0.1) is 0 Å². The first-order chi connectivity index (χ1) is 9.54. The number of hydrogen-bond donors (Lipinski definition) is 3. The predicted octanol–water partition coefficient (Wildman–Crippen LogP) is 2.39. The average molecular weight is 298 g/mol. The van der Waals surface area contributed by atoms with Gasteiger partial charge in [-0.3, -0.25) is 0 Å². The fourth-order valence-corrected chi connectivity index (χ4v) is 2.66.